The van der Waals surface area contributed by atoms with Crippen molar-refractivity contribution in [2.24, 2.45) is 0 Å². The lowest BCUT2D eigenvalue weighted by Crippen LogP contribution is -2.46. The Hall–Kier alpha value is -6.92. The summed E-state index contributed by atoms with van der Waals surface area (Å²) in [5.41, 5.74) is 1.40. The molecule has 0 amide bonds. The first-order chi connectivity index (χ1) is 30.8. The maximum atomic E-state index is 12.8. The van der Waals surface area contributed by atoms with Crippen LogP contribution in [-0.4, -0.2) is 63.4 Å². The van der Waals surface area contributed by atoms with Gasteiger partial charge < -0.3 is 37.9 Å². The molecule has 0 unspecified atom stereocenters. The highest BCUT2D eigenvalue weighted by molar-refractivity contribution is 5.51. The Bertz CT molecular complexity index is 2580. The lowest BCUT2D eigenvalue weighted by Gasteiger charge is -2.41. The van der Waals surface area contributed by atoms with E-state index in [0.29, 0.717) is 17.9 Å². The summed E-state index contributed by atoms with van der Waals surface area (Å²) in [6.45, 7) is 0.105. The monoisotopic (exact) mass is 844 g/mol. The molecule has 320 valence electrons. The van der Waals surface area contributed by atoms with E-state index in [1.54, 1.807) is 39.2 Å². The molecule has 7 aromatic rings. The number of aromatic nitrogens is 2. The molecule has 3 heterocycles. The molecular formula is C52H48N2O9. The van der Waals surface area contributed by atoms with Gasteiger partial charge in [-0.15, -0.1) is 0 Å². The van der Waals surface area contributed by atoms with E-state index in [4.69, 9.17) is 37.9 Å². The van der Waals surface area contributed by atoms with Crippen molar-refractivity contribution in [2.45, 2.75) is 35.6 Å². The van der Waals surface area contributed by atoms with Crippen molar-refractivity contribution in [3.8, 4) is 29.0 Å². The molecule has 6 aromatic carbocycles. The van der Waals surface area contributed by atoms with Crippen LogP contribution < -0.4 is 29.2 Å². The third-order valence-electron chi connectivity index (χ3n) is 12.1. The van der Waals surface area contributed by atoms with Crippen LogP contribution in [0.15, 0.2) is 175 Å². The molecule has 9 rings (SSSR count). The quantitative estimate of drug-likeness (QED) is 0.0880. The van der Waals surface area contributed by atoms with Gasteiger partial charge in [0, 0.05) is 18.7 Å². The van der Waals surface area contributed by atoms with Crippen molar-refractivity contribution in [3.63, 3.8) is 0 Å². The SMILES string of the molecule is COc1ccc(C(OC[C@H]2O[C@]3(COC(c4ccccc4)(c4ccc(OC)cc4)c4ccc(OC)cc4)C[C@H]2Oc2nc(=O)ccn23)(c2ccccc2)c2ccc(OC)cc2)cc1. The molecule has 0 spiro atoms. The van der Waals surface area contributed by atoms with Gasteiger partial charge in [-0.2, -0.15) is 4.98 Å². The Balaban J connectivity index is 1.14. The zero-order valence-electron chi connectivity index (χ0n) is 35.5. The van der Waals surface area contributed by atoms with Crippen LogP contribution in [0.3, 0.4) is 0 Å². The molecule has 0 radical (unpaired) electrons. The van der Waals surface area contributed by atoms with Crippen LogP contribution in [-0.2, 0) is 31.1 Å². The van der Waals surface area contributed by atoms with Crippen molar-refractivity contribution in [1.29, 1.82) is 0 Å². The van der Waals surface area contributed by atoms with Crippen molar-refractivity contribution >= 4 is 0 Å². The highest BCUT2D eigenvalue weighted by atomic mass is 16.6. The summed E-state index contributed by atoms with van der Waals surface area (Å²) in [6.07, 6.45) is 0.841. The first-order valence-corrected chi connectivity index (χ1v) is 20.8. The van der Waals surface area contributed by atoms with E-state index in [1.165, 1.54) is 6.07 Å². The van der Waals surface area contributed by atoms with Crippen LogP contribution in [0.5, 0.6) is 29.0 Å². The second-order valence-electron chi connectivity index (χ2n) is 15.5. The summed E-state index contributed by atoms with van der Waals surface area (Å²) < 4.78 is 52.7. The highest BCUT2D eigenvalue weighted by Crippen LogP contribution is 2.49. The van der Waals surface area contributed by atoms with Crippen LogP contribution in [0.25, 0.3) is 0 Å². The van der Waals surface area contributed by atoms with Crippen LogP contribution in [0.4, 0.5) is 0 Å². The van der Waals surface area contributed by atoms with Gasteiger partial charge in [-0.05, 0) is 81.9 Å². The molecule has 0 saturated carbocycles. The van der Waals surface area contributed by atoms with Gasteiger partial charge in [-0.1, -0.05) is 109 Å². The highest BCUT2D eigenvalue weighted by Gasteiger charge is 2.56. The van der Waals surface area contributed by atoms with Gasteiger partial charge in [-0.25, -0.2) is 0 Å². The van der Waals surface area contributed by atoms with Crippen molar-refractivity contribution in [2.75, 3.05) is 41.7 Å². The Labute approximate surface area is 366 Å². The second kappa shape index (κ2) is 17.5. The molecule has 1 aromatic heterocycles. The first-order valence-electron chi connectivity index (χ1n) is 20.8. The molecule has 11 nitrogen and oxygen atoms in total. The molecule has 2 aliphatic rings. The van der Waals surface area contributed by atoms with E-state index in [-0.39, 0.29) is 19.2 Å². The Kier molecular flexibility index (Phi) is 11.5. The van der Waals surface area contributed by atoms with Crippen molar-refractivity contribution < 1.29 is 37.9 Å². The fraction of sp³-hybridized carbons (Fsp3) is 0.231. The largest absolute Gasteiger partial charge is 0.497 e. The lowest BCUT2D eigenvalue weighted by atomic mass is 9.80. The number of benzene rings is 6. The Morgan fingerprint density at radius 2 is 0.952 bits per heavy atom. The predicted octanol–water partition coefficient (Wildman–Crippen LogP) is 8.50. The molecule has 2 bridgehead atoms. The lowest BCUT2D eigenvalue weighted by molar-refractivity contribution is -0.177. The summed E-state index contributed by atoms with van der Waals surface area (Å²) in [7, 11) is 6.58. The number of nitrogens with zero attached hydrogens (tertiary/aromatic N) is 2. The Morgan fingerprint density at radius 3 is 1.37 bits per heavy atom. The number of hydrogen-bond donors (Lipinski definition) is 0. The average Bonchev–Trinajstić information content (AvgIpc) is 3.64. The smallest absolute Gasteiger partial charge is 0.302 e. The topological polar surface area (TPSA) is 109 Å². The fourth-order valence-electron chi connectivity index (χ4n) is 8.92. The summed E-state index contributed by atoms with van der Waals surface area (Å²) >= 11 is 0. The van der Waals surface area contributed by atoms with Gasteiger partial charge >= 0.3 is 6.01 Å². The summed E-state index contributed by atoms with van der Waals surface area (Å²) in [6, 6.07) is 53.3. The van der Waals surface area contributed by atoms with Crippen LogP contribution in [0, 0.1) is 0 Å². The minimum atomic E-state index is -1.18. The van der Waals surface area contributed by atoms with Crippen LogP contribution in [0.2, 0.25) is 0 Å². The van der Waals surface area contributed by atoms with E-state index >= 15 is 0 Å². The number of hydrogen-bond acceptors (Lipinski definition) is 10. The molecule has 1 saturated heterocycles. The van der Waals surface area contributed by atoms with Gasteiger partial charge in [0.25, 0.3) is 5.56 Å². The number of fused-ring (bicyclic) bond motifs is 4. The minimum absolute atomic E-state index is 0.0225. The zero-order valence-corrected chi connectivity index (χ0v) is 35.5. The minimum Gasteiger partial charge on any atom is -0.497 e. The summed E-state index contributed by atoms with van der Waals surface area (Å²) in [4.78, 5) is 17.2. The van der Waals surface area contributed by atoms with Gasteiger partial charge in [0.2, 0.25) is 0 Å². The van der Waals surface area contributed by atoms with Gasteiger partial charge in [-0.3, -0.25) is 9.36 Å². The Morgan fingerprint density at radius 1 is 0.556 bits per heavy atom. The van der Waals surface area contributed by atoms with Gasteiger partial charge in [0.1, 0.15) is 46.4 Å². The van der Waals surface area contributed by atoms with Crippen LogP contribution >= 0.6 is 0 Å². The summed E-state index contributed by atoms with van der Waals surface area (Å²) in [5.74, 6) is 2.86. The zero-order chi connectivity index (χ0) is 43.4. The van der Waals surface area contributed by atoms with E-state index in [1.807, 2.05) is 133 Å². The van der Waals surface area contributed by atoms with Crippen molar-refractivity contribution in [1.82, 2.24) is 9.55 Å². The molecule has 3 atom stereocenters. The molecule has 0 aliphatic carbocycles. The third-order valence-corrected chi connectivity index (χ3v) is 12.1. The van der Waals surface area contributed by atoms with E-state index in [2.05, 4.69) is 29.2 Å². The number of rotatable bonds is 16. The van der Waals surface area contributed by atoms with Gasteiger partial charge in [0.05, 0.1) is 41.7 Å². The molecule has 1 fully saturated rings. The third kappa shape index (κ3) is 7.58. The molecule has 63 heavy (non-hydrogen) atoms. The maximum absolute atomic E-state index is 12.8. The predicted molar refractivity (Wildman–Crippen MR) is 237 cm³/mol. The van der Waals surface area contributed by atoms with E-state index in [0.717, 1.165) is 44.9 Å². The molecule has 2 aliphatic heterocycles. The molecule has 0 N–H and O–H groups in total. The number of ether oxygens (including phenoxy) is 8. The van der Waals surface area contributed by atoms with Crippen molar-refractivity contribution in [3.05, 3.63) is 214 Å². The fourth-order valence-corrected chi connectivity index (χ4v) is 8.92. The maximum Gasteiger partial charge on any atom is 0.302 e. The van der Waals surface area contributed by atoms with E-state index in [9.17, 15) is 4.79 Å². The van der Waals surface area contributed by atoms with E-state index < -0.39 is 34.7 Å². The standard InChI is InChI=1S/C52H48N2O9/c1-56-42-23-15-38(16-24-42)51(36-11-7-5-8-12-36,39-17-25-43(57-2)26-18-39)60-34-47-46-33-50(63-47,54-32-31-48(55)53-49(54)62-46)35-61-52(37-13-9-6-10-14-37,40-19-27-44(58-3)28-20-40)41-21-29-45(59-4)30-22-41/h5-32,46-47H,33-35H2,1-4H3/t46-,47-,50+/m1/s1. The second-order valence-corrected chi connectivity index (χ2v) is 15.5. The average molecular weight is 845 g/mol. The molecule has 11 heteroatoms. The number of methoxy groups -OCH3 is 4. The molecular weight excluding hydrogens is 797 g/mol. The normalized spacial score (nSPS) is 17.9. The first kappa shape index (κ1) is 41.4. The van der Waals surface area contributed by atoms with Crippen LogP contribution in [0.1, 0.15) is 39.8 Å². The van der Waals surface area contributed by atoms with Gasteiger partial charge in [0.15, 0.2) is 5.72 Å². The summed E-state index contributed by atoms with van der Waals surface area (Å²) in [5, 5.41) is 0.